The molecule has 23 heavy (non-hydrogen) atoms. The SMILES string of the molecule is CC(=O)c1c(C)oc(NC(=O)c2ccc(F)c(F)c2F)c1C#N. The van der Waals surface area contributed by atoms with Crippen molar-refractivity contribution in [2.75, 3.05) is 5.32 Å². The molecule has 8 heteroatoms. The number of furan rings is 1. The second-order valence-electron chi connectivity index (χ2n) is 4.58. The Morgan fingerprint density at radius 3 is 2.43 bits per heavy atom. The molecule has 2 rings (SSSR count). The van der Waals surface area contributed by atoms with Crippen molar-refractivity contribution in [3.63, 3.8) is 0 Å². The van der Waals surface area contributed by atoms with E-state index in [2.05, 4.69) is 5.32 Å². The number of halogens is 3. The number of hydrogen-bond donors (Lipinski definition) is 1. The van der Waals surface area contributed by atoms with Gasteiger partial charge in [-0.2, -0.15) is 5.26 Å². The Kier molecular flexibility index (Phi) is 4.22. The minimum absolute atomic E-state index is 0.0199. The summed E-state index contributed by atoms with van der Waals surface area (Å²) in [5.41, 5.74) is -1.02. The molecule has 0 fully saturated rings. The fourth-order valence-corrected chi connectivity index (χ4v) is 2.04. The number of carbonyl (C=O) groups excluding carboxylic acids is 2. The first-order valence-electron chi connectivity index (χ1n) is 6.27. The smallest absolute Gasteiger partial charge is 0.261 e. The molecule has 118 valence electrons. The van der Waals surface area contributed by atoms with Gasteiger partial charge in [-0.05, 0) is 26.0 Å². The van der Waals surface area contributed by atoms with E-state index in [0.717, 1.165) is 6.07 Å². The van der Waals surface area contributed by atoms with Crippen LogP contribution in [0.25, 0.3) is 0 Å². The molecule has 1 N–H and O–H groups in total. The minimum atomic E-state index is -1.79. The highest BCUT2D eigenvalue weighted by molar-refractivity contribution is 6.06. The van der Waals surface area contributed by atoms with Gasteiger partial charge in [0.05, 0.1) is 11.1 Å². The van der Waals surface area contributed by atoms with E-state index in [1.165, 1.54) is 13.8 Å². The molecule has 0 spiro atoms. The van der Waals surface area contributed by atoms with Crippen molar-refractivity contribution >= 4 is 17.6 Å². The maximum absolute atomic E-state index is 13.6. The molecule has 5 nitrogen and oxygen atoms in total. The summed E-state index contributed by atoms with van der Waals surface area (Å²) in [6.07, 6.45) is 0. The normalized spacial score (nSPS) is 10.3. The van der Waals surface area contributed by atoms with Crippen molar-refractivity contribution in [2.24, 2.45) is 0 Å². The maximum Gasteiger partial charge on any atom is 0.261 e. The number of anilines is 1. The zero-order valence-electron chi connectivity index (χ0n) is 12.0. The molecular formula is C15H9F3N2O3. The van der Waals surface area contributed by atoms with Gasteiger partial charge < -0.3 is 4.42 Å². The Morgan fingerprint density at radius 2 is 1.87 bits per heavy atom. The van der Waals surface area contributed by atoms with Crippen LogP contribution in [0, 0.1) is 35.7 Å². The van der Waals surface area contributed by atoms with E-state index in [-0.39, 0.29) is 22.8 Å². The number of hydrogen-bond acceptors (Lipinski definition) is 4. The van der Waals surface area contributed by atoms with Crippen LogP contribution < -0.4 is 5.32 Å². The Bertz CT molecular complexity index is 866. The van der Waals surface area contributed by atoms with Gasteiger partial charge in [0.1, 0.15) is 17.4 Å². The van der Waals surface area contributed by atoms with Crippen molar-refractivity contribution in [3.8, 4) is 6.07 Å². The van der Waals surface area contributed by atoms with Crippen LogP contribution in [0.1, 0.15) is 39.0 Å². The van der Waals surface area contributed by atoms with Crippen molar-refractivity contribution < 1.29 is 27.2 Å². The number of nitrogens with zero attached hydrogens (tertiary/aromatic N) is 1. The number of benzene rings is 1. The topological polar surface area (TPSA) is 83.1 Å². The number of nitrogens with one attached hydrogen (secondary N) is 1. The van der Waals surface area contributed by atoms with Gasteiger partial charge in [-0.3, -0.25) is 14.9 Å². The van der Waals surface area contributed by atoms with Crippen molar-refractivity contribution in [1.82, 2.24) is 0 Å². The van der Waals surface area contributed by atoms with Gasteiger partial charge in [-0.15, -0.1) is 0 Å². The Balaban J connectivity index is 2.43. The first kappa shape index (κ1) is 16.3. The summed E-state index contributed by atoms with van der Waals surface area (Å²) >= 11 is 0. The number of amides is 1. The second-order valence-corrected chi connectivity index (χ2v) is 4.58. The summed E-state index contributed by atoms with van der Waals surface area (Å²) in [4.78, 5) is 23.4. The maximum atomic E-state index is 13.6. The average Bonchev–Trinajstić information content (AvgIpc) is 2.80. The van der Waals surface area contributed by atoms with Gasteiger partial charge >= 0.3 is 0 Å². The van der Waals surface area contributed by atoms with Crippen molar-refractivity contribution in [2.45, 2.75) is 13.8 Å². The largest absolute Gasteiger partial charge is 0.443 e. The highest BCUT2D eigenvalue weighted by Gasteiger charge is 2.25. The monoisotopic (exact) mass is 322 g/mol. The second kappa shape index (κ2) is 5.96. The third-order valence-corrected chi connectivity index (χ3v) is 3.06. The van der Waals surface area contributed by atoms with E-state index in [9.17, 15) is 22.8 Å². The van der Waals surface area contributed by atoms with Crippen LogP contribution in [0.15, 0.2) is 16.5 Å². The summed E-state index contributed by atoms with van der Waals surface area (Å²) in [7, 11) is 0. The molecule has 1 aromatic carbocycles. The fourth-order valence-electron chi connectivity index (χ4n) is 2.04. The van der Waals surface area contributed by atoms with Crippen LogP contribution in [0.3, 0.4) is 0 Å². The molecule has 0 aliphatic carbocycles. The number of rotatable bonds is 3. The highest BCUT2D eigenvalue weighted by Crippen LogP contribution is 2.27. The zero-order chi connectivity index (χ0) is 17.3. The molecule has 1 heterocycles. The van der Waals surface area contributed by atoms with Gasteiger partial charge in [-0.25, -0.2) is 13.2 Å². The predicted octanol–water partition coefficient (Wildman–Crippen LogP) is 3.33. The third kappa shape index (κ3) is 2.81. The van der Waals surface area contributed by atoms with E-state index in [1.807, 2.05) is 0 Å². The standard InChI is InChI=1S/C15H9F3N2O3/c1-6(21)11-7(2)23-15(9(11)5-19)20-14(22)8-3-4-10(16)13(18)12(8)17/h3-4H,1-2H3,(H,20,22). The predicted molar refractivity (Wildman–Crippen MR) is 72.4 cm³/mol. The lowest BCUT2D eigenvalue weighted by Gasteiger charge is -2.05. The Labute approximate surface area is 128 Å². The minimum Gasteiger partial charge on any atom is -0.443 e. The van der Waals surface area contributed by atoms with Gasteiger partial charge in [0.25, 0.3) is 5.91 Å². The lowest BCUT2D eigenvalue weighted by molar-refractivity contribution is 0.100. The van der Waals surface area contributed by atoms with E-state index in [0.29, 0.717) is 6.07 Å². The first-order valence-corrected chi connectivity index (χ1v) is 6.27. The summed E-state index contributed by atoms with van der Waals surface area (Å²) in [5, 5.41) is 11.2. The number of Topliss-reactive ketones (excluding diaryl/α,β-unsaturated/α-hetero) is 1. The van der Waals surface area contributed by atoms with Gasteiger partial charge in [-0.1, -0.05) is 0 Å². The quantitative estimate of drug-likeness (QED) is 0.694. The van der Waals surface area contributed by atoms with Crippen LogP contribution in [-0.2, 0) is 0 Å². The number of ketones is 1. The molecule has 0 radical (unpaired) electrons. The van der Waals surface area contributed by atoms with Gasteiger partial charge in [0, 0.05) is 0 Å². The van der Waals surface area contributed by atoms with Gasteiger partial charge in [0.2, 0.25) is 5.88 Å². The summed E-state index contributed by atoms with van der Waals surface area (Å²) in [6.45, 7) is 2.62. The van der Waals surface area contributed by atoms with Crippen LogP contribution in [0.4, 0.5) is 19.1 Å². The average molecular weight is 322 g/mol. The molecule has 2 aromatic rings. The summed E-state index contributed by atoms with van der Waals surface area (Å²) < 4.78 is 44.7. The molecular weight excluding hydrogens is 313 g/mol. The molecule has 1 amide bonds. The first-order chi connectivity index (χ1) is 10.8. The number of aryl methyl sites for hydroxylation is 1. The zero-order valence-corrected chi connectivity index (χ0v) is 12.0. The molecule has 1 aromatic heterocycles. The lowest BCUT2D eigenvalue weighted by Crippen LogP contribution is -2.15. The molecule has 0 saturated heterocycles. The molecule has 0 aliphatic rings. The van der Waals surface area contributed by atoms with Crippen LogP contribution >= 0.6 is 0 Å². The lowest BCUT2D eigenvalue weighted by atomic mass is 10.1. The van der Waals surface area contributed by atoms with E-state index >= 15 is 0 Å². The summed E-state index contributed by atoms with van der Waals surface area (Å²) in [6, 6.07) is 3.04. The van der Waals surface area contributed by atoms with E-state index in [4.69, 9.17) is 9.68 Å². The highest BCUT2D eigenvalue weighted by atomic mass is 19.2. The van der Waals surface area contributed by atoms with E-state index < -0.39 is 34.7 Å². The molecule has 0 unspecified atom stereocenters. The van der Waals surface area contributed by atoms with E-state index in [1.54, 1.807) is 6.07 Å². The molecule has 0 aliphatic heterocycles. The third-order valence-electron chi connectivity index (χ3n) is 3.06. The van der Waals surface area contributed by atoms with Crippen LogP contribution in [-0.4, -0.2) is 11.7 Å². The van der Waals surface area contributed by atoms with Crippen LogP contribution in [0.5, 0.6) is 0 Å². The Morgan fingerprint density at radius 1 is 1.22 bits per heavy atom. The van der Waals surface area contributed by atoms with Crippen molar-refractivity contribution in [3.05, 3.63) is 52.0 Å². The number of nitriles is 1. The summed E-state index contributed by atoms with van der Waals surface area (Å²) in [5.74, 6) is -6.79. The fraction of sp³-hybridized carbons (Fsp3) is 0.133. The Hall–Kier alpha value is -3.08. The van der Waals surface area contributed by atoms with Crippen molar-refractivity contribution in [1.29, 1.82) is 5.26 Å². The van der Waals surface area contributed by atoms with Gasteiger partial charge in [0.15, 0.2) is 23.2 Å². The van der Waals surface area contributed by atoms with Crippen LogP contribution in [0.2, 0.25) is 0 Å². The number of carbonyl (C=O) groups is 2. The molecule has 0 bridgehead atoms. The molecule has 0 saturated carbocycles. The molecule has 0 atom stereocenters.